The molecule has 0 saturated heterocycles. The molecule has 0 bridgehead atoms. The molecule has 0 fully saturated rings. The van der Waals surface area contributed by atoms with E-state index in [-0.39, 0.29) is 0 Å². The number of aldehydes is 1. The molecule has 3 nitrogen and oxygen atoms in total. The minimum Gasteiger partial charge on any atom is -0.298 e. The summed E-state index contributed by atoms with van der Waals surface area (Å²) in [5.74, 6) is 0. The van der Waals surface area contributed by atoms with Gasteiger partial charge in [-0.2, -0.15) is 5.10 Å². The Morgan fingerprint density at radius 3 is 2.84 bits per heavy atom. The van der Waals surface area contributed by atoms with E-state index >= 15 is 0 Å². The number of carbonyl (C=O) groups excluding carboxylic acids is 1. The fraction of sp³-hybridized carbons (Fsp3) is 0.286. The molecule has 2 rings (SSSR count). The lowest BCUT2D eigenvalue weighted by Gasteiger charge is -2.03. The van der Waals surface area contributed by atoms with E-state index in [1.165, 1.54) is 0 Å². The van der Waals surface area contributed by atoms with Crippen LogP contribution in [0, 0.1) is 0 Å². The van der Waals surface area contributed by atoms with Crippen molar-refractivity contribution in [2.75, 3.05) is 0 Å². The summed E-state index contributed by atoms with van der Waals surface area (Å²) in [5, 5.41) is 5.54. The van der Waals surface area contributed by atoms with Gasteiger partial charge in [0.1, 0.15) is 5.69 Å². The normalized spacial score (nSPS) is 10.7. The van der Waals surface area contributed by atoms with E-state index in [9.17, 15) is 4.79 Å². The average Bonchev–Trinajstić information content (AvgIpc) is 2.82. The molecule has 0 unspecified atom stereocenters. The van der Waals surface area contributed by atoms with Gasteiger partial charge in [0.05, 0.1) is 10.6 Å². The molecule has 0 N–H and O–H groups in total. The fourth-order valence-corrected chi connectivity index (χ4v) is 2.23. The Morgan fingerprint density at radius 2 is 2.16 bits per heavy atom. The molecular formula is C14H14Cl2N2O. The molecule has 5 heteroatoms. The van der Waals surface area contributed by atoms with Crippen molar-refractivity contribution in [3.05, 3.63) is 40.0 Å². The van der Waals surface area contributed by atoms with Crippen LogP contribution in [0.25, 0.3) is 11.3 Å². The van der Waals surface area contributed by atoms with Gasteiger partial charge in [-0.25, -0.2) is 0 Å². The first-order chi connectivity index (χ1) is 9.15. The van der Waals surface area contributed by atoms with Crippen LogP contribution in [0.15, 0.2) is 24.4 Å². The number of carbonyl (C=O) groups is 1. The van der Waals surface area contributed by atoms with Crippen molar-refractivity contribution >= 4 is 29.5 Å². The van der Waals surface area contributed by atoms with Crippen molar-refractivity contribution in [2.24, 2.45) is 0 Å². The molecule has 0 atom stereocenters. The van der Waals surface area contributed by atoms with Crippen LogP contribution >= 0.6 is 23.2 Å². The third-order valence-corrected chi connectivity index (χ3v) is 3.41. The number of halogens is 2. The molecule has 2 aromatic rings. The van der Waals surface area contributed by atoms with E-state index in [0.29, 0.717) is 26.9 Å². The number of unbranched alkanes of at least 4 members (excludes halogenated alkanes) is 1. The SMILES string of the molecule is CCCCn1cc(C=O)c(-c2cc(Cl)ccc2Cl)n1. The highest BCUT2D eigenvalue weighted by Gasteiger charge is 2.14. The Morgan fingerprint density at radius 1 is 1.37 bits per heavy atom. The van der Waals surface area contributed by atoms with Gasteiger partial charge >= 0.3 is 0 Å². The van der Waals surface area contributed by atoms with Crippen molar-refractivity contribution in [2.45, 2.75) is 26.3 Å². The second kappa shape index (κ2) is 6.22. The molecule has 100 valence electrons. The van der Waals surface area contributed by atoms with Gasteiger partial charge in [0, 0.05) is 23.3 Å². The van der Waals surface area contributed by atoms with E-state index < -0.39 is 0 Å². The highest BCUT2D eigenvalue weighted by atomic mass is 35.5. The molecule has 1 aromatic carbocycles. The topological polar surface area (TPSA) is 34.9 Å². The van der Waals surface area contributed by atoms with Crippen LogP contribution in [0.5, 0.6) is 0 Å². The van der Waals surface area contributed by atoms with Crippen LogP contribution in [0.1, 0.15) is 30.1 Å². The van der Waals surface area contributed by atoms with Gasteiger partial charge in [-0.15, -0.1) is 0 Å². The third-order valence-electron chi connectivity index (χ3n) is 2.84. The van der Waals surface area contributed by atoms with E-state index in [4.69, 9.17) is 23.2 Å². The third kappa shape index (κ3) is 3.17. The summed E-state index contributed by atoms with van der Waals surface area (Å²) < 4.78 is 1.78. The predicted octanol–water partition coefficient (Wildman–Crippen LogP) is 4.47. The van der Waals surface area contributed by atoms with Crippen LogP contribution in [0.2, 0.25) is 10.0 Å². The minimum absolute atomic E-state index is 0.528. The molecule has 0 aliphatic rings. The maximum atomic E-state index is 11.2. The zero-order chi connectivity index (χ0) is 13.8. The van der Waals surface area contributed by atoms with Crippen LogP contribution in [0.4, 0.5) is 0 Å². The van der Waals surface area contributed by atoms with Gasteiger partial charge in [0.2, 0.25) is 0 Å². The largest absolute Gasteiger partial charge is 0.298 e. The standard InChI is InChI=1S/C14H14Cl2N2O/c1-2-3-6-18-8-10(9-19)14(17-18)12-7-11(15)4-5-13(12)16/h4-5,7-9H,2-3,6H2,1H3. The molecule has 0 saturated carbocycles. The van der Waals surface area contributed by atoms with Crippen LogP contribution in [0.3, 0.4) is 0 Å². The van der Waals surface area contributed by atoms with Gasteiger partial charge in [-0.3, -0.25) is 9.48 Å². The first kappa shape index (κ1) is 14.1. The molecule has 0 spiro atoms. The van der Waals surface area contributed by atoms with Crippen molar-refractivity contribution in [1.82, 2.24) is 9.78 Å². The number of hydrogen-bond donors (Lipinski definition) is 0. The first-order valence-electron chi connectivity index (χ1n) is 6.13. The molecule has 1 heterocycles. The molecule has 1 aromatic heterocycles. The quantitative estimate of drug-likeness (QED) is 0.763. The predicted molar refractivity (Wildman–Crippen MR) is 78.0 cm³/mol. The highest BCUT2D eigenvalue weighted by Crippen LogP contribution is 2.31. The maximum absolute atomic E-state index is 11.2. The van der Waals surface area contributed by atoms with Gasteiger partial charge in [-0.1, -0.05) is 36.5 Å². The highest BCUT2D eigenvalue weighted by molar-refractivity contribution is 6.35. The summed E-state index contributed by atoms with van der Waals surface area (Å²) in [5.41, 5.74) is 1.80. The number of hydrogen-bond acceptors (Lipinski definition) is 2. The summed E-state index contributed by atoms with van der Waals surface area (Å²) in [6, 6.07) is 5.14. The molecule has 0 aliphatic heterocycles. The van der Waals surface area contributed by atoms with Gasteiger partial charge < -0.3 is 0 Å². The van der Waals surface area contributed by atoms with Gasteiger partial charge in [-0.05, 0) is 24.6 Å². The van der Waals surface area contributed by atoms with Crippen LogP contribution in [-0.4, -0.2) is 16.1 Å². The number of aromatic nitrogens is 2. The van der Waals surface area contributed by atoms with E-state index in [1.54, 1.807) is 29.1 Å². The van der Waals surface area contributed by atoms with Gasteiger partial charge in [0.25, 0.3) is 0 Å². The summed E-state index contributed by atoms with van der Waals surface area (Å²) in [7, 11) is 0. The Hall–Kier alpha value is -1.32. The van der Waals surface area contributed by atoms with E-state index in [0.717, 1.165) is 25.7 Å². The first-order valence-corrected chi connectivity index (χ1v) is 6.89. The summed E-state index contributed by atoms with van der Waals surface area (Å²) in [6.07, 6.45) is 4.63. The second-order valence-corrected chi connectivity index (χ2v) is 5.14. The van der Waals surface area contributed by atoms with Crippen molar-refractivity contribution in [3.63, 3.8) is 0 Å². The zero-order valence-electron chi connectivity index (χ0n) is 10.6. The molecule has 19 heavy (non-hydrogen) atoms. The van der Waals surface area contributed by atoms with Crippen molar-refractivity contribution in [1.29, 1.82) is 0 Å². The number of rotatable bonds is 5. The fourth-order valence-electron chi connectivity index (χ4n) is 1.85. The number of benzene rings is 1. The lowest BCUT2D eigenvalue weighted by Crippen LogP contribution is -1.98. The Balaban J connectivity index is 2.45. The van der Waals surface area contributed by atoms with Crippen molar-refractivity contribution in [3.8, 4) is 11.3 Å². The molecule has 0 amide bonds. The lowest BCUT2D eigenvalue weighted by molar-refractivity contribution is 0.112. The maximum Gasteiger partial charge on any atom is 0.153 e. The van der Waals surface area contributed by atoms with E-state index in [1.807, 2.05) is 0 Å². The Bertz CT molecular complexity index is 593. The Labute approximate surface area is 122 Å². The van der Waals surface area contributed by atoms with Crippen molar-refractivity contribution < 1.29 is 4.79 Å². The number of aryl methyl sites for hydroxylation is 1. The van der Waals surface area contributed by atoms with E-state index in [2.05, 4.69) is 12.0 Å². The summed E-state index contributed by atoms with van der Waals surface area (Å²) >= 11 is 12.1. The number of nitrogens with zero attached hydrogens (tertiary/aromatic N) is 2. The lowest BCUT2D eigenvalue weighted by atomic mass is 10.1. The van der Waals surface area contributed by atoms with Gasteiger partial charge in [0.15, 0.2) is 6.29 Å². The molecular weight excluding hydrogens is 283 g/mol. The monoisotopic (exact) mass is 296 g/mol. The smallest absolute Gasteiger partial charge is 0.153 e. The zero-order valence-corrected chi connectivity index (χ0v) is 12.1. The summed E-state index contributed by atoms with van der Waals surface area (Å²) in [6.45, 7) is 2.90. The van der Waals surface area contributed by atoms with Crippen LogP contribution in [-0.2, 0) is 6.54 Å². The summed E-state index contributed by atoms with van der Waals surface area (Å²) in [4.78, 5) is 11.2. The Kier molecular flexibility index (Phi) is 4.61. The molecule has 0 radical (unpaired) electrons. The molecule has 0 aliphatic carbocycles. The minimum atomic E-state index is 0.528. The van der Waals surface area contributed by atoms with Crippen LogP contribution < -0.4 is 0 Å². The average molecular weight is 297 g/mol. The second-order valence-electron chi connectivity index (χ2n) is 4.29.